The van der Waals surface area contributed by atoms with Gasteiger partial charge in [0, 0.05) is 62.6 Å². The van der Waals surface area contributed by atoms with Gasteiger partial charge in [0.05, 0.1) is 25.5 Å². The summed E-state index contributed by atoms with van der Waals surface area (Å²) in [5.41, 5.74) is 4.12. The van der Waals surface area contributed by atoms with Crippen LogP contribution in [0.5, 0.6) is 0 Å². The van der Waals surface area contributed by atoms with Gasteiger partial charge in [0.1, 0.15) is 12.4 Å². The van der Waals surface area contributed by atoms with E-state index in [4.69, 9.17) is 9.97 Å². The molecule has 0 saturated carbocycles. The van der Waals surface area contributed by atoms with E-state index in [2.05, 4.69) is 49.6 Å². The van der Waals surface area contributed by atoms with E-state index >= 15 is 0 Å². The van der Waals surface area contributed by atoms with Crippen LogP contribution in [0.25, 0.3) is 0 Å². The number of aliphatic hydroxyl groups excluding tert-OH is 2. The van der Waals surface area contributed by atoms with Crippen molar-refractivity contribution in [3.8, 4) is 0 Å². The third-order valence-corrected chi connectivity index (χ3v) is 8.18. The second-order valence-electron chi connectivity index (χ2n) is 10.9. The van der Waals surface area contributed by atoms with Crippen molar-refractivity contribution in [2.75, 3.05) is 67.6 Å². The van der Waals surface area contributed by atoms with Gasteiger partial charge in [-0.25, -0.2) is 4.98 Å². The lowest BCUT2D eigenvalue weighted by molar-refractivity contribution is -0.133. The number of rotatable bonds is 10. The quantitative estimate of drug-likeness (QED) is 0.410. The van der Waals surface area contributed by atoms with Gasteiger partial charge in [-0.2, -0.15) is 15.2 Å². The number of carbonyl (C=O) groups is 1. The number of carbonyl (C=O) groups excluding carboxylic acids is 1. The molecule has 2 fully saturated rings. The lowest BCUT2D eigenvalue weighted by Crippen LogP contribution is -2.39. The fraction of sp³-hybridized carbons (Fsp3) is 0.621. The smallest absolute Gasteiger partial charge is 0.227 e. The van der Waals surface area contributed by atoms with E-state index in [-0.39, 0.29) is 32.2 Å². The number of fused-ring (bicyclic) bond motifs is 1. The molecule has 1 aromatic heterocycles. The molecule has 0 aliphatic carbocycles. The van der Waals surface area contributed by atoms with Gasteiger partial charge in [-0.1, -0.05) is 12.8 Å². The van der Waals surface area contributed by atoms with Crippen LogP contribution in [-0.2, 0) is 17.9 Å². The number of aromatic nitrogens is 2. The van der Waals surface area contributed by atoms with E-state index in [1.807, 2.05) is 0 Å². The van der Waals surface area contributed by atoms with Gasteiger partial charge in [-0.05, 0) is 55.9 Å². The van der Waals surface area contributed by atoms with Crippen molar-refractivity contribution < 1.29 is 15.0 Å². The second-order valence-corrected chi connectivity index (χ2v) is 10.9. The molecule has 0 atom stereocenters. The summed E-state index contributed by atoms with van der Waals surface area (Å²) in [4.78, 5) is 28.7. The minimum Gasteiger partial charge on any atom is -0.395 e. The van der Waals surface area contributed by atoms with Crippen molar-refractivity contribution >= 4 is 29.0 Å². The van der Waals surface area contributed by atoms with Crippen molar-refractivity contribution in [3.05, 3.63) is 35.5 Å². The Labute approximate surface area is 236 Å². The number of azo groups is 1. The van der Waals surface area contributed by atoms with Crippen LogP contribution in [0.4, 0.5) is 23.1 Å². The average molecular weight is 551 g/mol. The molecule has 1 amide bonds. The zero-order chi connectivity index (χ0) is 27.7. The van der Waals surface area contributed by atoms with E-state index in [9.17, 15) is 15.0 Å². The van der Waals surface area contributed by atoms with E-state index in [0.29, 0.717) is 25.4 Å². The van der Waals surface area contributed by atoms with Crippen LogP contribution in [0.2, 0.25) is 0 Å². The highest BCUT2D eigenvalue weighted by Crippen LogP contribution is 2.31. The molecule has 5 rings (SSSR count). The van der Waals surface area contributed by atoms with Gasteiger partial charge in [0.2, 0.25) is 11.9 Å². The highest BCUT2D eigenvalue weighted by Gasteiger charge is 2.25. The van der Waals surface area contributed by atoms with Gasteiger partial charge in [-0.3, -0.25) is 4.79 Å². The maximum atomic E-state index is 12.6. The highest BCUT2D eigenvalue weighted by molar-refractivity contribution is 5.76. The molecule has 0 spiro atoms. The Balaban J connectivity index is 1.20. The van der Waals surface area contributed by atoms with E-state index in [1.165, 1.54) is 31.4 Å². The first-order valence-corrected chi connectivity index (χ1v) is 14.7. The molecule has 0 unspecified atom stereocenters. The lowest BCUT2D eigenvalue weighted by atomic mass is 9.92. The summed E-state index contributed by atoms with van der Waals surface area (Å²) in [6.07, 6.45) is 7.22. The molecule has 0 radical (unpaired) electrons. The molecule has 4 heterocycles. The molecule has 0 bridgehead atoms. The summed E-state index contributed by atoms with van der Waals surface area (Å²) in [7, 11) is 0. The number of hydrogen-bond acceptors (Lipinski definition) is 10. The van der Waals surface area contributed by atoms with Crippen molar-refractivity contribution in [3.63, 3.8) is 0 Å². The normalized spacial score (nSPS) is 17.9. The van der Waals surface area contributed by atoms with Crippen molar-refractivity contribution in [1.82, 2.24) is 14.9 Å². The van der Waals surface area contributed by atoms with Crippen LogP contribution < -0.4 is 15.1 Å². The minimum absolute atomic E-state index is 0.0179. The Morgan fingerprint density at radius 1 is 0.875 bits per heavy atom. The second kappa shape index (κ2) is 13.8. The molecule has 40 heavy (non-hydrogen) atoms. The molecule has 1 aromatic carbocycles. The molecule has 216 valence electrons. The maximum absolute atomic E-state index is 12.6. The first-order valence-electron chi connectivity index (χ1n) is 14.7. The first kappa shape index (κ1) is 28.2. The molecule has 2 aromatic rings. The summed E-state index contributed by atoms with van der Waals surface area (Å²) in [6, 6.07) is 8.47. The predicted octanol–water partition coefficient (Wildman–Crippen LogP) is 3.49. The Kier molecular flexibility index (Phi) is 9.77. The SMILES string of the molecule is O=C(CC1CCN(c2ccc(Nc3nc(N4CCCCCC4)nc4c3CN=NC4)cc2)CC1)N(CCO)CCO. The molecular formula is C29H42N8O3. The molecule has 2 saturated heterocycles. The van der Waals surface area contributed by atoms with Gasteiger partial charge >= 0.3 is 0 Å². The van der Waals surface area contributed by atoms with Crippen molar-refractivity contribution in [1.29, 1.82) is 0 Å². The predicted molar refractivity (Wildman–Crippen MR) is 155 cm³/mol. The fourth-order valence-electron chi connectivity index (χ4n) is 5.83. The average Bonchev–Trinajstić information content (AvgIpc) is 3.28. The molecule has 3 N–H and O–H groups in total. The Hall–Kier alpha value is -3.31. The monoisotopic (exact) mass is 550 g/mol. The maximum Gasteiger partial charge on any atom is 0.227 e. The largest absolute Gasteiger partial charge is 0.395 e. The Morgan fingerprint density at radius 2 is 1.55 bits per heavy atom. The summed E-state index contributed by atoms with van der Waals surface area (Å²) < 4.78 is 0. The summed E-state index contributed by atoms with van der Waals surface area (Å²) in [6.45, 7) is 5.15. The van der Waals surface area contributed by atoms with Crippen LogP contribution in [0.1, 0.15) is 56.2 Å². The lowest BCUT2D eigenvalue weighted by Gasteiger charge is -2.34. The fourth-order valence-corrected chi connectivity index (χ4v) is 5.83. The van der Waals surface area contributed by atoms with Crippen molar-refractivity contribution in [2.24, 2.45) is 16.1 Å². The Bertz CT molecular complexity index is 1140. The summed E-state index contributed by atoms with van der Waals surface area (Å²) in [5, 5.41) is 30.4. The number of hydrogen-bond donors (Lipinski definition) is 3. The standard InChI is InChI=1S/C29H42N8O3/c38-17-15-36(16-18-39)27(40)19-22-9-13-35(14-10-22)24-7-5-23(6-8-24)32-28-25-20-30-31-21-26(25)33-29(34-28)37-11-3-1-2-4-12-37/h5-8,22,38-39H,1-4,9-21H2,(H,32,33,34). The van der Waals surface area contributed by atoms with Crippen molar-refractivity contribution in [2.45, 2.75) is 58.0 Å². The molecule has 3 aliphatic rings. The Morgan fingerprint density at radius 3 is 2.23 bits per heavy atom. The van der Waals surface area contributed by atoms with E-state index < -0.39 is 0 Å². The number of nitrogens with zero attached hydrogens (tertiary/aromatic N) is 7. The third kappa shape index (κ3) is 7.06. The summed E-state index contributed by atoms with van der Waals surface area (Å²) in [5.74, 6) is 1.94. The van der Waals surface area contributed by atoms with Gasteiger partial charge in [0.25, 0.3) is 0 Å². The van der Waals surface area contributed by atoms with Crippen LogP contribution in [-0.4, -0.2) is 83.5 Å². The van der Waals surface area contributed by atoms with Gasteiger partial charge in [0.15, 0.2) is 0 Å². The molecule has 3 aliphatic heterocycles. The van der Waals surface area contributed by atoms with Crippen LogP contribution in [0, 0.1) is 5.92 Å². The van der Waals surface area contributed by atoms with Crippen LogP contribution in [0.15, 0.2) is 34.5 Å². The number of piperidine rings is 1. The van der Waals surface area contributed by atoms with E-state index in [1.54, 1.807) is 4.90 Å². The highest BCUT2D eigenvalue weighted by atomic mass is 16.3. The zero-order valence-electron chi connectivity index (χ0n) is 23.3. The summed E-state index contributed by atoms with van der Waals surface area (Å²) >= 11 is 0. The molecule has 11 heteroatoms. The minimum atomic E-state index is -0.0838. The number of anilines is 4. The third-order valence-electron chi connectivity index (χ3n) is 8.18. The van der Waals surface area contributed by atoms with Crippen LogP contribution >= 0.6 is 0 Å². The van der Waals surface area contributed by atoms with Crippen LogP contribution in [0.3, 0.4) is 0 Å². The number of amides is 1. The molecular weight excluding hydrogens is 508 g/mol. The van der Waals surface area contributed by atoms with Gasteiger partial charge < -0.3 is 30.2 Å². The van der Waals surface area contributed by atoms with E-state index in [0.717, 1.165) is 67.7 Å². The topological polar surface area (TPSA) is 130 Å². The number of nitrogens with one attached hydrogen (secondary N) is 1. The molecule has 11 nitrogen and oxygen atoms in total. The zero-order valence-corrected chi connectivity index (χ0v) is 23.3. The van der Waals surface area contributed by atoms with Gasteiger partial charge in [-0.15, -0.1) is 0 Å². The number of aliphatic hydroxyl groups is 2. The number of benzene rings is 1. The first-order chi connectivity index (χ1) is 19.6.